The van der Waals surface area contributed by atoms with Crippen LogP contribution >= 0.6 is 0 Å². The van der Waals surface area contributed by atoms with Crippen molar-refractivity contribution in [2.45, 2.75) is 20.0 Å². The summed E-state index contributed by atoms with van der Waals surface area (Å²) in [5, 5.41) is 3.98. The number of hydrogen-bond acceptors (Lipinski definition) is 3. The fourth-order valence-corrected chi connectivity index (χ4v) is 1.76. The summed E-state index contributed by atoms with van der Waals surface area (Å²) >= 11 is 0. The minimum Gasteiger partial charge on any atom is -0.490 e. The monoisotopic (exact) mass is 282 g/mol. The predicted molar refractivity (Wildman–Crippen MR) is 83.7 cm³/mol. The Hall–Kier alpha value is -2.62. The van der Waals surface area contributed by atoms with Gasteiger partial charge in [-0.05, 0) is 38.1 Å². The first-order valence-corrected chi connectivity index (χ1v) is 6.81. The van der Waals surface area contributed by atoms with Crippen LogP contribution < -0.4 is 10.2 Å². The van der Waals surface area contributed by atoms with Gasteiger partial charge in [0, 0.05) is 11.1 Å². The molecule has 0 unspecified atom stereocenters. The molecule has 0 heterocycles. The second kappa shape index (κ2) is 7.24. The summed E-state index contributed by atoms with van der Waals surface area (Å²) < 4.78 is 5.68. The van der Waals surface area contributed by atoms with Crippen LogP contribution in [-0.4, -0.2) is 18.2 Å². The van der Waals surface area contributed by atoms with E-state index in [0.29, 0.717) is 5.56 Å². The number of nitrogens with zero attached hydrogens (tertiary/aromatic N) is 1. The van der Waals surface area contributed by atoms with Crippen molar-refractivity contribution in [2.75, 3.05) is 0 Å². The number of amides is 1. The lowest BCUT2D eigenvalue weighted by Crippen LogP contribution is -2.17. The first-order chi connectivity index (χ1) is 10.2. The van der Waals surface area contributed by atoms with E-state index in [9.17, 15) is 4.79 Å². The number of carbonyl (C=O) groups excluding carboxylic acids is 1. The third-order valence-corrected chi connectivity index (χ3v) is 2.69. The smallest absolute Gasteiger partial charge is 0.271 e. The van der Waals surface area contributed by atoms with Crippen molar-refractivity contribution >= 4 is 12.1 Å². The van der Waals surface area contributed by atoms with Gasteiger partial charge in [0.2, 0.25) is 0 Å². The average molecular weight is 282 g/mol. The maximum absolute atomic E-state index is 11.8. The Bertz CT molecular complexity index is 622. The Balaban J connectivity index is 2.03. The molecule has 1 N–H and O–H groups in total. The van der Waals surface area contributed by atoms with Gasteiger partial charge in [0.25, 0.3) is 5.91 Å². The van der Waals surface area contributed by atoms with E-state index in [1.165, 1.54) is 0 Å². The van der Waals surface area contributed by atoms with E-state index in [1.54, 1.807) is 18.3 Å². The van der Waals surface area contributed by atoms with Crippen LogP contribution in [0, 0.1) is 0 Å². The van der Waals surface area contributed by atoms with Gasteiger partial charge in [-0.3, -0.25) is 4.79 Å². The van der Waals surface area contributed by atoms with Gasteiger partial charge in [0.05, 0.1) is 12.3 Å². The molecule has 21 heavy (non-hydrogen) atoms. The lowest BCUT2D eigenvalue weighted by atomic mass is 10.2. The van der Waals surface area contributed by atoms with Crippen LogP contribution in [-0.2, 0) is 0 Å². The molecule has 4 heteroatoms. The fourth-order valence-electron chi connectivity index (χ4n) is 1.76. The third kappa shape index (κ3) is 4.45. The van der Waals surface area contributed by atoms with Crippen molar-refractivity contribution in [1.29, 1.82) is 0 Å². The molecule has 0 fully saturated rings. The highest BCUT2D eigenvalue weighted by Crippen LogP contribution is 2.17. The SMILES string of the molecule is CC(C)Oc1ccccc1/C=N\NC(=O)c1ccccc1. The summed E-state index contributed by atoms with van der Waals surface area (Å²) in [7, 11) is 0. The highest BCUT2D eigenvalue weighted by molar-refractivity contribution is 5.95. The topological polar surface area (TPSA) is 50.7 Å². The van der Waals surface area contributed by atoms with Crippen molar-refractivity contribution in [1.82, 2.24) is 5.43 Å². The molecule has 0 aliphatic carbocycles. The number of benzene rings is 2. The fraction of sp³-hybridized carbons (Fsp3) is 0.176. The van der Waals surface area contributed by atoms with E-state index >= 15 is 0 Å². The van der Waals surface area contributed by atoms with Crippen molar-refractivity contribution in [2.24, 2.45) is 5.10 Å². The second-order valence-corrected chi connectivity index (χ2v) is 4.77. The summed E-state index contributed by atoms with van der Waals surface area (Å²) in [4.78, 5) is 11.8. The molecular weight excluding hydrogens is 264 g/mol. The van der Waals surface area contributed by atoms with E-state index in [1.807, 2.05) is 56.3 Å². The zero-order valence-corrected chi connectivity index (χ0v) is 12.1. The predicted octanol–water partition coefficient (Wildman–Crippen LogP) is 3.24. The Labute approximate surface area is 124 Å². The van der Waals surface area contributed by atoms with Gasteiger partial charge in [0.15, 0.2) is 0 Å². The summed E-state index contributed by atoms with van der Waals surface area (Å²) in [6, 6.07) is 16.5. The standard InChI is InChI=1S/C17H18N2O2/c1-13(2)21-16-11-7-6-10-15(16)12-18-19-17(20)14-8-4-3-5-9-14/h3-13H,1-2H3,(H,19,20)/b18-12-. The number of hydrogen-bond donors (Lipinski definition) is 1. The minimum atomic E-state index is -0.242. The van der Waals surface area contributed by atoms with E-state index in [4.69, 9.17) is 4.74 Å². The van der Waals surface area contributed by atoms with Crippen LogP contribution in [0.1, 0.15) is 29.8 Å². The molecule has 0 atom stereocenters. The van der Waals surface area contributed by atoms with Crippen molar-refractivity contribution in [3.05, 3.63) is 65.7 Å². The van der Waals surface area contributed by atoms with Gasteiger partial charge in [-0.15, -0.1) is 0 Å². The van der Waals surface area contributed by atoms with Crippen LogP contribution in [0.4, 0.5) is 0 Å². The van der Waals surface area contributed by atoms with Crippen molar-refractivity contribution in [3.63, 3.8) is 0 Å². The summed E-state index contributed by atoms with van der Waals surface area (Å²) in [5.41, 5.74) is 3.89. The molecule has 108 valence electrons. The molecule has 0 saturated carbocycles. The van der Waals surface area contributed by atoms with E-state index < -0.39 is 0 Å². The molecule has 2 aromatic carbocycles. The number of hydrazone groups is 1. The Morgan fingerprint density at radius 2 is 1.76 bits per heavy atom. The van der Waals surface area contributed by atoms with Gasteiger partial charge in [-0.2, -0.15) is 5.10 Å². The second-order valence-electron chi connectivity index (χ2n) is 4.77. The van der Waals surface area contributed by atoms with Crippen LogP contribution in [0.5, 0.6) is 5.75 Å². The number of carbonyl (C=O) groups is 1. The quantitative estimate of drug-likeness (QED) is 0.676. The van der Waals surface area contributed by atoms with Gasteiger partial charge < -0.3 is 4.74 Å². The zero-order chi connectivity index (χ0) is 15.1. The number of ether oxygens (including phenoxy) is 1. The molecule has 4 nitrogen and oxygen atoms in total. The third-order valence-electron chi connectivity index (χ3n) is 2.69. The molecule has 2 aromatic rings. The number of nitrogens with one attached hydrogen (secondary N) is 1. The van der Waals surface area contributed by atoms with Crippen molar-refractivity contribution < 1.29 is 9.53 Å². The molecule has 2 rings (SSSR count). The van der Waals surface area contributed by atoms with Crippen LogP contribution in [0.2, 0.25) is 0 Å². The summed E-state index contributed by atoms with van der Waals surface area (Å²) in [5.74, 6) is 0.499. The van der Waals surface area contributed by atoms with Crippen LogP contribution in [0.25, 0.3) is 0 Å². The van der Waals surface area contributed by atoms with Gasteiger partial charge >= 0.3 is 0 Å². The molecule has 1 amide bonds. The lowest BCUT2D eigenvalue weighted by molar-refractivity contribution is 0.0955. The maximum Gasteiger partial charge on any atom is 0.271 e. The van der Waals surface area contributed by atoms with Gasteiger partial charge in [-0.1, -0.05) is 30.3 Å². The maximum atomic E-state index is 11.8. The number of para-hydroxylation sites is 1. The van der Waals surface area contributed by atoms with Gasteiger partial charge in [0.1, 0.15) is 5.75 Å². The first kappa shape index (κ1) is 14.8. The van der Waals surface area contributed by atoms with E-state index in [2.05, 4.69) is 10.5 Å². The van der Waals surface area contributed by atoms with E-state index in [-0.39, 0.29) is 12.0 Å². The molecule has 0 aliphatic rings. The molecule has 0 aliphatic heterocycles. The summed E-state index contributed by atoms with van der Waals surface area (Å²) in [6.07, 6.45) is 1.66. The zero-order valence-electron chi connectivity index (χ0n) is 12.1. The molecule has 0 bridgehead atoms. The Morgan fingerprint density at radius 3 is 2.48 bits per heavy atom. The molecule has 0 radical (unpaired) electrons. The Morgan fingerprint density at radius 1 is 1.10 bits per heavy atom. The minimum absolute atomic E-state index is 0.0819. The van der Waals surface area contributed by atoms with Crippen LogP contribution in [0.3, 0.4) is 0 Å². The Kier molecular flexibility index (Phi) is 5.10. The lowest BCUT2D eigenvalue weighted by Gasteiger charge is -2.11. The first-order valence-electron chi connectivity index (χ1n) is 6.81. The van der Waals surface area contributed by atoms with Crippen LogP contribution in [0.15, 0.2) is 59.7 Å². The van der Waals surface area contributed by atoms with Crippen molar-refractivity contribution in [3.8, 4) is 5.75 Å². The average Bonchev–Trinajstić information content (AvgIpc) is 2.49. The van der Waals surface area contributed by atoms with E-state index in [0.717, 1.165) is 11.3 Å². The molecule has 0 aromatic heterocycles. The molecule has 0 spiro atoms. The largest absolute Gasteiger partial charge is 0.490 e. The molecular formula is C17H18N2O2. The van der Waals surface area contributed by atoms with Gasteiger partial charge in [-0.25, -0.2) is 5.43 Å². The highest BCUT2D eigenvalue weighted by atomic mass is 16.5. The highest BCUT2D eigenvalue weighted by Gasteiger charge is 2.04. The molecule has 0 saturated heterocycles. The number of rotatable bonds is 5. The summed E-state index contributed by atoms with van der Waals surface area (Å²) in [6.45, 7) is 3.93. The normalized spacial score (nSPS) is 10.8.